The molecule has 1 saturated heterocycles. The van der Waals surface area contributed by atoms with Gasteiger partial charge in [-0.1, -0.05) is 31.0 Å². The molecule has 0 aromatic heterocycles. The van der Waals surface area contributed by atoms with E-state index >= 15 is 0 Å². The van der Waals surface area contributed by atoms with Crippen molar-refractivity contribution in [2.45, 2.75) is 26.4 Å². The van der Waals surface area contributed by atoms with Crippen molar-refractivity contribution in [3.8, 4) is 0 Å². The molecule has 0 aliphatic carbocycles. The van der Waals surface area contributed by atoms with E-state index in [1.807, 2.05) is 4.58 Å². The first-order valence-corrected chi connectivity index (χ1v) is 8.55. The zero-order valence-electron chi connectivity index (χ0n) is 15.4. The lowest BCUT2D eigenvalue weighted by Gasteiger charge is -2.31. The van der Waals surface area contributed by atoms with Crippen molar-refractivity contribution in [1.29, 1.82) is 0 Å². The number of hydrogen-bond donors (Lipinski definition) is 1. The minimum Gasteiger partial charge on any atom is -0.274 e. The number of amidine groups is 1. The van der Waals surface area contributed by atoms with Crippen LogP contribution in [0.3, 0.4) is 0 Å². The van der Waals surface area contributed by atoms with Crippen LogP contribution in [0, 0.1) is 11.7 Å². The molecule has 1 atom stereocenters. The summed E-state index contributed by atoms with van der Waals surface area (Å²) in [6.45, 7) is 5.20. The van der Waals surface area contributed by atoms with Gasteiger partial charge in [0.05, 0.1) is 13.1 Å². The molecule has 0 spiro atoms. The van der Waals surface area contributed by atoms with Gasteiger partial charge in [-0.15, -0.1) is 0 Å². The smallest absolute Gasteiger partial charge is 0.274 e. The minimum absolute atomic E-state index is 0.312. The lowest BCUT2D eigenvalue weighted by Crippen LogP contribution is -2.61. The van der Waals surface area contributed by atoms with Crippen LogP contribution in [0.5, 0.6) is 0 Å². The Morgan fingerprint density at radius 3 is 2.46 bits per heavy atom. The highest BCUT2D eigenvalue weighted by molar-refractivity contribution is 6.22. The van der Waals surface area contributed by atoms with Crippen molar-refractivity contribution in [1.82, 2.24) is 15.1 Å². The number of fused-ring (bicyclic) bond motifs is 1. The molecule has 3 amide bonds. The van der Waals surface area contributed by atoms with E-state index in [-0.39, 0.29) is 11.7 Å². The average molecular weight is 360 g/mol. The van der Waals surface area contributed by atoms with E-state index in [1.54, 1.807) is 19.2 Å². The number of halogens is 1. The molecule has 0 bridgehead atoms. The van der Waals surface area contributed by atoms with Crippen LogP contribution in [0.25, 0.3) is 0 Å². The van der Waals surface area contributed by atoms with Crippen molar-refractivity contribution in [2.24, 2.45) is 10.9 Å². The maximum absolute atomic E-state index is 13.2. The van der Waals surface area contributed by atoms with Crippen LogP contribution >= 0.6 is 0 Å². The molecule has 2 aliphatic rings. The molecule has 2 heterocycles. The zero-order chi connectivity index (χ0) is 19.0. The first-order valence-electron chi connectivity index (χ1n) is 8.55. The molecular weight excluding hydrogens is 337 g/mol. The number of carbonyl (C=O) groups is 2. The average Bonchev–Trinajstić information content (AvgIpc) is 2.96. The molecule has 1 unspecified atom stereocenters. The first-order chi connectivity index (χ1) is 12.3. The second-order valence-corrected chi connectivity index (χ2v) is 6.96. The van der Waals surface area contributed by atoms with Crippen molar-refractivity contribution < 1.29 is 18.6 Å². The summed E-state index contributed by atoms with van der Waals surface area (Å²) < 4.78 is 15.0. The maximum atomic E-state index is 13.2. The van der Waals surface area contributed by atoms with Crippen LogP contribution in [0.2, 0.25) is 0 Å². The Morgan fingerprint density at radius 2 is 1.85 bits per heavy atom. The predicted octanol–water partition coefficient (Wildman–Crippen LogP) is 1.24. The molecule has 2 aliphatic heterocycles. The number of likely N-dealkylation sites (N-methyl/N-ethyl adjacent to an activating group) is 2. The number of imide groups is 1. The third kappa shape index (κ3) is 3.18. The van der Waals surface area contributed by atoms with Gasteiger partial charge in [0.15, 0.2) is 0 Å². The van der Waals surface area contributed by atoms with E-state index in [1.165, 1.54) is 24.1 Å². The number of benzene rings is 1. The fraction of sp³-hybridized carbons (Fsp3) is 0.444. The van der Waals surface area contributed by atoms with Crippen LogP contribution in [-0.2, 0) is 11.3 Å². The fourth-order valence-corrected chi connectivity index (χ4v) is 2.99. The summed E-state index contributed by atoms with van der Waals surface area (Å²) in [5, 5.41) is 3.26. The van der Waals surface area contributed by atoms with Crippen molar-refractivity contribution in [3.05, 3.63) is 35.6 Å². The number of amides is 3. The second kappa shape index (κ2) is 6.86. The number of urea groups is 1. The summed E-state index contributed by atoms with van der Waals surface area (Å²) in [6.07, 6.45) is 0. The molecule has 3 rings (SSSR count). The van der Waals surface area contributed by atoms with E-state index in [0.29, 0.717) is 30.8 Å². The molecule has 138 valence electrons. The Bertz CT molecular complexity index is 800. The summed E-state index contributed by atoms with van der Waals surface area (Å²) in [7, 11) is 3.08. The molecule has 8 heteroatoms. The van der Waals surface area contributed by atoms with E-state index in [2.05, 4.69) is 24.2 Å². The second-order valence-electron chi connectivity index (χ2n) is 6.96. The highest BCUT2D eigenvalue weighted by Gasteiger charge is 2.51. The zero-order valence-corrected chi connectivity index (χ0v) is 15.4. The fourth-order valence-electron chi connectivity index (χ4n) is 2.99. The summed E-state index contributed by atoms with van der Waals surface area (Å²) >= 11 is 0. The number of carbonyl (C=O) groups excluding carboxylic acids is 2. The SMILES string of the molecule is CC(C)CNC1=[N+](Cc2ccc(F)cc2)C2C(=O)N(C)C(=O)N(C)C2=N1. The van der Waals surface area contributed by atoms with Gasteiger partial charge >= 0.3 is 12.0 Å². The first kappa shape index (κ1) is 18.0. The summed E-state index contributed by atoms with van der Waals surface area (Å²) in [5.41, 5.74) is 0.849. The molecular formula is C18H23FN5O2+. The van der Waals surface area contributed by atoms with Crippen LogP contribution in [0.1, 0.15) is 19.4 Å². The Labute approximate surface area is 151 Å². The molecule has 7 nitrogen and oxygen atoms in total. The van der Waals surface area contributed by atoms with Gasteiger partial charge in [0.1, 0.15) is 5.82 Å². The lowest BCUT2D eigenvalue weighted by atomic mass is 10.1. The Kier molecular flexibility index (Phi) is 4.76. The highest BCUT2D eigenvalue weighted by atomic mass is 19.1. The van der Waals surface area contributed by atoms with E-state index < -0.39 is 12.1 Å². The number of aliphatic imine (C=N–C) groups is 1. The van der Waals surface area contributed by atoms with Gasteiger partial charge < -0.3 is 0 Å². The van der Waals surface area contributed by atoms with E-state index in [0.717, 1.165) is 10.5 Å². The summed E-state index contributed by atoms with van der Waals surface area (Å²) in [5.74, 6) is 0.705. The van der Waals surface area contributed by atoms with Crippen LogP contribution in [0.15, 0.2) is 29.3 Å². The van der Waals surface area contributed by atoms with Crippen molar-refractivity contribution in [2.75, 3.05) is 20.6 Å². The number of rotatable bonds is 4. The van der Waals surface area contributed by atoms with Crippen molar-refractivity contribution >= 4 is 23.7 Å². The molecule has 1 aromatic rings. The standard InChI is InChI=1S/C18H22FN5O2/c1-11(2)9-20-17-21-15-14(16(25)23(4)18(26)22(15)3)24(17)10-12-5-7-13(19)8-6-12/h5-8,11,14H,9-10H2,1-4H3/p+1. The Hall–Kier alpha value is -2.77. The number of nitrogens with one attached hydrogen (secondary N) is 1. The van der Waals surface area contributed by atoms with E-state index in [9.17, 15) is 14.0 Å². The Morgan fingerprint density at radius 1 is 1.19 bits per heavy atom. The van der Waals surface area contributed by atoms with Gasteiger partial charge in [0, 0.05) is 14.1 Å². The highest BCUT2D eigenvalue weighted by Crippen LogP contribution is 2.20. The molecule has 1 N–H and O–H groups in total. The van der Waals surface area contributed by atoms with Crippen molar-refractivity contribution in [3.63, 3.8) is 0 Å². The monoisotopic (exact) mass is 360 g/mol. The third-order valence-corrected chi connectivity index (χ3v) is 4.47. The van der Waals surface area contributed by atoms with Gasteiger partial charge in [0.2, 0.25) is 11.9 Å². The topological polar surface area (TPSA) is 68.0 Å². The number of guanidine groups is 1. The normalized spacial score (nSPS) is 20.1. The van der Waals surface area contributed by atoms with Gasteiger partial charge in [0.25, 0.3) is 5.91 Å². The quantitative estimate of drug-likeness (QED) is 0.822. The summed E-state index contributed by atoms with van der Waals surface area (Å²) in [4.78, 5) is 32.0. The molecule has 1 aromatic carbocycles. The Balaban J connectivity index is 1.98. The lowest BCUT2D eigenvalue weighted by molar-refractivity contribution is -0.553. The van der Waals surface area contributed by atoms with Gasteiger partial charge in [-0.3, -0.25) is 19.9 Å². The van der Waals surface area contributed by atoms with Crippen LogP contribution in [-0.4, -0.2) is 64.8 Å². The van der Waals surface area contributed by atoms with Gasteiger partial charge in [-0.2, -0.15) is 0 Å². The third-order valence-electron chi connectivity index (χ3n) is 4.47. The number of hydrogen-bond acceptors (Lipinski definition) is 4. The van der Waals surface area contributed by atoms with Crippen LogP contribution in [0.4, 0.5) is 9.18 Å². The maximum Gasteiger partial charge on any atom is 0.390 e. The van der Waals surface area contributed by atoms with Gasteiger partial charge in [-0.25, -0.2) is 13.8 Å². The largest absolute Gasteiger partial charge is 0.390 e. The van der Waals surface area contributed by atoms with Gasteiger partial charge in [-0.05, 0) is 23.6 Å². The minimum atomic E-state index is -0.678. The number of nitrogens with zero attached hydrogens (tertiary/aromatic N) is 4. The summed E-state index contributed by atoms with van der Waals surface area (Å²) in [6, 6.07) is 5.05. The predicted molar refractivity (Wildman–Crippen MR) is 95.4 cm³/mol. The van der Waals surface area contributed by atoms with E-state index in [4.69, 9.17) is 0 Å². The van der Waals surface area contributed by atoms with Crippen LogP contribution < -0.4 is 5.32 Å². The molecule has 0 saturated carbocycles. The molecule has 26 heavy (non-hydrogen) atoms. The molecule has 0 radical (unpaired) electrons. The molecule has 1 fully saturated rings.